The lowest BCUT2D eigenvalue weighted by molar-refractivity contribution is 0.234. The molecule has 1 aromatic heterocycles. The minimum absolute atomic E-state index is 0. The highest BCUT2D eigenvalue weighted by molar-refractivity contribution is 14.0. The van der Waals surface area contributed by atoms with E-state index >= 15 is 0 Å². The summed E-state index contributed by atoms with van der Waals surface area (Å²) in [5, 5.41) is 3.24. The van der Waals surface area contributed by atoms with Crippen molar-refractivity contribution < 1.29 is 4.39 Å². The zero-order valence-electron chi connectivity index (χ0n) is 15.2. The monoisotopic (exact) mass is 468 g/mol. The maximum atomic E-state index is 13.7. The van der Waals surface area contributed by atoms with Crippen LogP contribution in [0.1, 0.15) is 30.5 Å². The Labute approximate surface area is 172 Å². The summed E-state index contributed by atoms with van der Waals surface area (Å²) in [6.45, 7) is 4.50. The third-order valence-electron chi connectivity index (χ3n) is 4.89. The molecule has 0 radical (unpaired) electrons. The van der Waals surface area contributed by atoms with Gasteiger partial charge in [0.15, 0.2) is 5.96 Å². The highest BCUT2D eigenvalue weighted by atomic mass is 127. The minimum Gasteiger partial charge on any atom is -0.350 e. The molecule has 0 bridgehead atoms. The molecule has 26 heavy (non-hydrogen) atoms. The first-order valence-corrected chi connectivity index (χ1v) is 8.79. The number of pyridine rings is 1. The molecule has 1 aromatic carbocycles. The van der Waals surface area contributed by atoms with E-state index in [1.165, 1.54) is 11.6 Å². The SMILES string of the molecule is CN=C(NCc1ncccc1F)N1CCC(c2ccccc2)C(C)C1.I. The molecule has 6 heteroatoms. The first kappa shape index (κ1) is 20.6. The van der Waals surface area contributed by atoms with Crippen molar-refractivity contribution in [3.05, 3.63) is 65.7 Å². The molecule has 140 valence electrons. The average molecular weight is 468 g/mol. The summed E-state index contributed by atoms with van der Waals surface area (Å²) in [5.74, 6) is 1.62. The normalized spacial score (nSPS) is 20.4. The first-order valence-electron chi connectivity index (χ1n) is 8.79. The van der Waals surface area contributed by atoms with E-state index in [0.717, 1.165) is 25.5 Å². The summed E-state index contributed by atoms with van der Waals surface area (Å²) >= 11 is 0. The van der Waals surface area contributed by atoms with E-state index < -0.39 is 0 Å². The molecule has 1 N–H and O–H groups in total. The van der Waals surface area contributed by atoms with Crippen LogP contribution in [0, 0.1) is 11.7 Å². The van der Waals surface area contributed by atoms with Crippen LogP contribution in [-0.2, 0) is 6.54 Å². The van der Waals surface area contributed by atoms with Gasteiger partial charge in [-0.15, -0.1) is 24.0 Å². The van der Waals surface area contributed by atoms with Crippen LogP contribution in [0.15, 0.2) is 53.7 Å². The van der Waals surface area contributed by atoms with Gasteiger partial charge in [0.25, 0.3) is 0 Å². The van der Waals surface area contributed by atoms with Gasteiger partial charge in [0.2, 0.25) is 0 Å². The number of aromatic nitrogens is 1. The number of piperidine rings is 1. The molecule has 1 fully saturated rings. The second kappa shape index (κ2) is 9.85. The zero-order chi connectivity index (χ0) is 17.6. The third-order valence-corrected chi connectivity index (χ3v) is 4.89. The molecule has 1 aliphatic heterocycles. The Kier molecular flexibility index (Phi) is 7.81. The van der Waals surface area contributed by atoms with E-state index in [2.05, 4.69) is 57.4 Å². The van der Waals surface area contributed by atoms with Crippen LogP contribution in [0.5, 0.6) is 0 Å². The van der Waals surface area contributed by atoms with Gasteiger partial charge in [-0.05, 0) is 36.0 Å². The van der Waals surface area contributed by atoms with E-state index in [-0.39, 0.29) is 29.8 Å². The molecule has 0 saturated carbocycles. The van der Waals surface area contributed by atoms with E-state index in [0.29, 0.717) is 24.1 Å². The molecule has 2 aromatic rings. The largest absolute Gasteiger partial charge is 0.350 e. The number of halogens is 2. The Hall–Kier alpha value is -1.70. The Morgan fingerprint density at radius 3 is 2.69 bits per heavy atom. The number of aliphatic imine (C=N–C) groups is 1. The van der Waals surface area contributed by atoms with Crippen LogP contribution in [0.3, 0.4) is 0 Å². The summed E-state index contributed by atoms with van der Waals surface area (Å²) in [6, 6.07) is 13.7. The van der Waals surface area contributed by atoms with Gasteiger partial charge in [-0.2, -0.15) is 0 Å². The Balaban J connectivity index is 0.00000243. The number of hydrogen-bond acceptors (Lipinski definition) is 2. The van der Waals surface area contributed by atoms with Crippen LogP contribution < -0.4 is 5.32 Å². The second-order valence-electron chi connectivity index (χ2n) is 6.56. The molecule has 3 rings (SSSR count). The van der Waals surface area contributed by atoms with Crippen molar-refractivity contribution in [2.75, 3.05) is 20.1 Å². The fourth-order valence-electron chi connectivity index (χ4n) is 3.58. The summed E-state index contributed by atoms with van der Waals surface area (Å²) < 4.78 is 13.7. The summed E-state index contributed by atoms with van der Waals surface area (Å²) in [7, 11) is 1.77. The van der Waals surface area contributed by atoms with Gasteiger partial charge >= 0.3 is 0 Å². The topological polar surface area (TPSA) is 40.5 Å². The maximum Gasteiger partial charge on any atom is 0.193 e. The number of guanidine groups is 1. The molecule has 1 saturated heterocycles. The molecule has 2 heterocycles. The smallest absolute Gasteiger partial charge is 0.193 e. The Morgan fingerprint density at radius 1 is 1.27 bits per heavy atom. The Bertz CT molecular complexity index is 723. The van der Waals surface area contributed by atoms with Gasteiger partial charge in [0, 0.05) is 26.3 Å². The van der Waals surface area contributed by atoms with E-state index in [4.69, 9.17) is 0 Å². The van der Waals surface area contributed by atoms with Gasteiger partial charge in [-0.3, -0.25) is 9.98 Å². The van der Waals surface area contributed by atoms with E-state index in [9.17, 15) is 4.39 Å². The van der Waals surface area contributed by atoms with E-state index in [1.54, 1.807) is 19.3 Å². The lowest BCUT2D eigenvalue weighted by atomic mass is 9.82. The van der Waals surface area contributed by atoms with Gasteiger partial charge < -0.3 is 10.2 Å². The fraction of sp³-hybridized carbons (Fsp3) is 0.400. The minimum atomic E-state index is -0.290. The lowest BCUT2D eigenvalue weighted by Gasteiger charge is -2.38. The number of nitrogens with one attached hydrogen (secondary N) is 1. The van der Waals surface area contributed by atoms with Crippen molar-refractivity contribution in [2.24, 2.45) is 10.9 Å². The van der Waals surface area contributed by atoms with Crippen LogP contribution in [-0.4, -0.2) is 36.0 Å². The van der Waals surface area contributed by atoms with Crippen LogP contribution in [0.2, 0.25) is 0 Å². The third kappa shape index (κ3) is 4.93. The predicted molar refractivity (Wildman–Crippen MR) is 114 cm³/mol. The molecule has 2 unspecified atom stereocenters. The molecule has 2 atom stereocenters. The van der Waals surface area contributed by atoms with Crippen molar-refractivity contribution in [3.63, 3.8) is 0 Å². The maximum absolute atomic E-state index is 13.7. The Morgan fingerprint density at radius 2 is 2.04 bits per heavy atom. The molecule has 4 nitrogen and oxygen atoms in total. The summed E-state index contributed by atoms with van der Waals surface area (Å²) in [5.41, 5.74) is 1.82. The zero-order valence-corrected chi connectivity index (χ0v) is 17.6. The fourth-order valence-corrected chi connectivity index (χ4v) is 3.58. The molecule has 0 spiro atoms. The molecule has 0 aliphatic carbocycles. The van der Waals surface area contributed by atoms with Crippen molar-refractivity contribution >= 4 is 29.9 Å². The first-order chi connectivity index (χ1) is 12.2. The van der Waals surface area contributed by atoms with Crippen molar-refractivity contribution in [3.8, 4) is 0 Å². The van der Waals surface area contributed by atoms with Gasteiger partial charge in [0.05, 0.1) is 12.2 Å². The quantitative estimate of drug-likeness (QED) is 0.420. The van der Waals surface area contributed by atoms with Crippen LogP contribution in [0.25, 0.3) is 0 Å². The summed E-state index contributed by atoms with van der Waals surface area (Å²) in [4.78, 5) is 10.7. The second-order valence-corrected chi connectivity index (χ2v) is 6.56. The standard InChI is InChI=1S/C20H25FN4.HI/c1-15-14-25(12-10-17(15)16-7-4-3-5-8-16)20(22-2)24-13-19-18(21)9-6-11-23-19;/h3-9,11,15,17H,10,12-14H2,1-2H3,(H,22,24);1H. The van der Waals surface area contributed by atoms with Crippen LogP contribution >= 0.6 is 24.0 Å². The van der Waals surface area contributed by atoms with Crippen molar-refractivity contribution in [2.45, 2.75) is 25.8 Å². The highest BCUT2D eigenvalue weighted by Gasteiger charge is 2.28. The molecular weight excluding hydrogens is 442 g/mol. The number of rotatable bonds is 3. The molecule has 0 amide bonds. The van der Waals surface area contributed by atoms with Gasteiger partial charge in [-0.1, -0.05) is 37.3 Å². The number of likely N-dealkylation sites (tertiary alicyclic amines) is 1. The lowest BCUT2D eigenvalue weighted by Crippen LogP contribution is -2.47. The highest BCUT2D eigenvalue weighted by Crippen LogP contribution is 2.32. The van der Waals surface area contributed by atoms with Crippen LogP contribution in [0.4, 0.5) is 4.39 Å². The van der Waals surface area contributed by atoms with Crippen molar-refractivity contribution in [1.82, 2.24) is 15.2 Å². The van der Waals surface area contributed by atoms with Gasteiger partial charge in [-0.25, -0.2) is 4.39 Å². The van der Waals surface area contributed by atoms with E-state index in [1.807, 2.05) is 0 Å². The number of nitrogens with zero attached hydrogens (tertiary/aromatic N) is 3. The average Bonchev–Trinajstić information content (AvgIpc) is 2.64. The summed E-state index contributed by atoms with van der Waals surface area (Å²) in [6.07, 6.45) is 2.69. The molecular formula is C20H26FIN4. The van der Waals surface area contributed by atoms with Gasteiger partial charge in [0.1, 0.15) is 5.82 Å². The number of benzene rings is 1. The number of hydrogen-bond donors (Lipinski definition) is 1. The predicted octanol–water partition coefficient (Wildman–Crippen LogP) is 4.04. The van der Waals surface area contributed by atoms with Crippen molar-refractivity contribution in [1.29, 1.82) is 0 Å². The molecule has 1 aliphatic rings.